The number of carbonyl (C=O) groups is 2. The zero-order valence-corrected chi connectivity index (χ0v) is 13.9. The van der Waals surface area contributed by atoms with Crippen LogP contribution in [-0.4, -0.2) is 35.0 Å². The average Bonchev–Trinajstić information content (AvgIpc) is 3.15. The monoisotopic (exact) mass is 327 g/mol. The largest absolute Gasteiger partial charge is 0.481 e. The lowest BCUT2D eigenvalue weighted by atomic mass is 9.92. The first kappa shape index (κ1) is 15.2. The highest BCUT2D eigenvalue weighted by atomic mass is 16.4. The van der Waals surface area contributed by atoms with Crippen LogP contribution in [0.4, 0.5) is 0 Å². The molecule has 0 unspecified atom stereocenters. The molecule has 4 rings (SSSR count). The van der Waals surface area contributed by atoms with Gasteiger partial charge in [-0.05, 0) is 67.9 Å². The third kappa shape index (κ3) is 2.48. The first-order chi connectivity index (χ1) is 11.4. The van der Waals surface area contributed by atoms with E-state index < -0.39 is 11.9 Å². The predicted molar refractivity (Wildman–Crippen MR) is 88.9 cm³/mol. The average molecular weight is 327 g/mol. The van der Waals surface area contributed by atoms with Gasteiger partial charge < -0.3 is 14.4 Å². The fourth-order valence-electron chi connectivity index (χ4n) is 3.82. The van der Waals surface area contributed by atoms with Crippen molar-refractivity contribution in [3.8, 4) is 0 Å². The Morgan fingerprint density at radius 2 is 1.83 bits per heavy atom. The highest BCUT2D eigenvalue weighted by Crippen LogP contribution is 2.44. The lowest BCUT2D eigenvalue weighted by Gasteiger charge is -2.14. The molecular weight excluding hydrogens is 306 g/mol. The van der Waals surface area contributed by atoms with E-state index in [1.54, 1.807) is 11.0 Å². The number of aliphatic carboxylic acids is 1. The Hall–Kier alpha value is -2.30. The van der Waals surface area contributed by atoms with Gasteiger partial charge in [-0.25, -0.2) is 0 Å². The van der Waals surface area contributed by atoms with Gasteiger partial charge in [0.1, 0.15) is 5.58 Å². The normalized spacial score (nSPS) is 23.8. The van der Waals surface area contributed by atoms with Gasteiger partial charge in [0.25, 0.3) is 5.91 Å². The molecule has 2 fully saturated rings. The Bertz CT molecular complexity index is 794. The van der Waals surface area contributed by atoms with E-state index in [-0.39, 0.29) is 18.4 Å². The molecule has 1 amide bonds. The van der Waals surface area contributed by atoms with Crippen molar-refractivity contribution in [3.05, 3.63) is 35.1 Å². The molecule has 2 aliphatic rings. The van der Waals surface area contributed by atoms with Gasteiger partial charge in [-0.3, -0.25) is 9.59 Å². The van der Waals surface area contributed by atoms with Crippen LogP contribution in [0.3, 0.4) is 0 Å². The highest BCUT2D eigenvalue weighted by molar-refractivity contribution is 5.96. The molecule has 5 nitrogen and oxygen atoms in total. The van der Waals surface area contributed by atoms with Gasteiger partial charge in [-0.1, -0.05) is 0 Å². The van der Waals surface area contributed by atoms with Gasteiger partial charge in [0.05, 0.1) is 5.92 Å². The van der Waals surface area contributed by atoms with Gasteiger partial charge in [0.2, 0.25) is 0 Å². The summed E-state index contributed by atoms with van der Waals surface area (Å²) < 4.78 is 5.75. The molecule has 2 aromatic rings. The summed E-state index contributed by atoms with van der Waals surface area (Å²) in [5, 5.41) is 10.4. The summed E-state index contributed by atoms with van der Waals surface area (Å²) in [6, 6.07) is 5.73. The van der Waals surface area contributed by atoms with E-state index in [2.05, 4.69) is 0 Å². The molecule has 1 N–H and O–H groups in total. The second-order valence-electron chi connectivity index (χ2n) is 7.24. The van der Waals surface area contributed by atoms with Gasteiger partial charge in [0.15, 0.2) is 5.76 Å². The van der Waals surface area contributed by atoms with Gasteiger partial charge in [-0.2, -0.15) is 0 Å². The van der Waals surface area contributed by atoms with E-state index in [4.69, 9.17) is 4.42 Å². The molecule has 0 bridgehead atoms. The van der Waals surface area contributed by atoms with E-state index >= 15 is 0 Å². The van der Waals surface area contributed by atoms with Crippen LogP contribution >= 0.6 is 0 Å². The number of amides is 1. The van der Waals surface area contributed by atoms with Gasteiger partial charge in [0, 0.05) is 18.5 Å². The maximum Gasteiger partial charge on any atom is 0.308 e. The van der Waals surface area contributed by atoms with Crippen molar-refractivity contribution in [1.29, 1.82) is 0 Å². The standard InChI is InChI=1S/C19H21NO4/c1-10-5-13-7-17(24-16(13)6-11(10)2)18(21)20-8-14(12-3-4-12)15(9-20)19(22)23/h5-7,12,14-15H,3-4,8-9H2,1-2H3,(H,22,23)/t14-,15+/m1/s1. The number of nitrogens with zero attached hydrogens (tertiary/aromatic N) is 1. The number of carbonyl (C=O) groups excluding carboxylic acids is 1. The third-order valence-corrected chi connectivity index (χ3v) is 5.54. The van der Waals surface area contributed by atoms with E-state index in [1.807, 2.05) is 26.0 Å². The number of fused-ring (bicyclic) bond motifs is 1. The lowest BCUT2D eigenvalue weighted by molar-refractivity contribution is -0.142. The molecule has 5 heteroatoms. The summed E-state index contributed by atoms with van der Waals surface area (Å²) in [5.41, 5.74) is 2.98. The van der Waals surface area contributed by atoms with Crippen LogP contribution < -0.4 is 0 Å². The number of likely N-dealkylation sites (tertiary alicyclic amines) is 1. The fourth-order valence-corrected chi connectivity index (χ4v) is 3.82. The van der Waals surface area contributed by atoms with Crippen LogP contribution in [0.2, 0.25) is 0 Å². The molecule has 2 heterocycles. The van der Waals surface area contributed by atoms with Crippen LogP contribution in [0.5, 0.6) is 0 Å². The third-order valence-electron chi connectivity index (χ3n) is 5.54. The molecule has 2 atom stereocenters. The number of rotatable bonds is 3. The Labute approximate surface area is 140 Å². The van der Waals surface area contributed by atoms with Crippen LogP contribution in [0.1, 0.15) is 34.5 Å². The number of carboxylic acids is 1. The van der Waals surface area contributed by atoms with Crippen LogP contribution in [0, 0.1) is 31.6 Å². The zero-order valence-electron chi connectivity index (χ0n) is 13.9. The molecule has 1 saturated heterocycles. The van der Waals surface area contributed by atoms with Crippen molar-refractivity contribution < 1.29 is 19.1 Å². The molecule has 0 radical (unpaired) electrons. The number of hydrogen-bond donors (Lipinski definition) is 1. The molecule has 1 saturated carbocycles. The molecular formula is C19H21NO4. The highest BCUT2D eigenvalue weighted by Gasteiger charge is 2.47. The smallest absolute Gasteiger partial charge is 0.308 e. The quantitative estimate of drug-likeness (QED) is 0.939. The predicted octanol–water partition coefficient (Wildman–Crippen LogP) is 3.23. The maximum atomic E-state index is 12.8. The van der Waals surface area contributed by atoms with Gasteiger partial charge in [-0.15, -0.1) is 0 Å². The van der Waals surface area contributed by atoms with Crippen molar-refractivity contribution >= 4 is 22.8 Å². The summed E-state index contributed by atoms with van der Waals surface area (Å²) in [4.78, 5) is 25.9. The Morgan fingerprint density at radius 1 is 1.12 bits per heavy atom. The SMILES string of the molecule is Cc1cc2cc(C(=O)N3C[C@H](C(=O)O)[C@@H](C4CC4)C3)oc2cc1C. The minimum absolute atomic E-state index is 0.0836. The summed E-state index contributed by atoms with van der Waals surface area (Å²) >= 11 is 0. The second-order valence-corrected chi connectivity index (χ2v) is 7.24. The van der Waals surface area contributed by atoms with Crippen molar-refractivity contribution in [3.63, 3.8) is 0 Å². The van der Waals surface area contributed by atoms with E-state index in [0.717, 1.165) is 29.4 Å². The summed E-state index contributed by atoms with van der Waals surface area (Å²) in [6.07, 6.45) is 2.17. The van der Waals surface area contributed by atoms with E-state index in [1.165, 1.54) is 0 Å². The topological polar surface area (TPSA) is 70.8 Å². The minimum atomic E-state index is -0.793. The van der Waals surface area contributed by atoms with Crippen molar-refractivity contribution in [1.82, 2.24) is 4.90 Å². The Morgan fingerprint density at radius 3 is 2.50 bits per heavy atom. The van der Waals surface area contributed by atoms with Crippen LogP contribution in [-0.2, 0) is 4.79 Å². The Balaban J connectivity index is 1.60. The number of aryl methyl sites for hydroxylation is 2. The van der Waals surface area contributed by atoms with E-state index in [0.29, 0.717) is 23.8 Å². The lowest BCUT2D eigenvalue weighted by Crippen LogP contribution is -2.29. The molecule has 0 spiro atoms. The fraction of sp³-hybridized carbons (Fsp3) is 0.474. The second kappa shape index (κ2) is 5.36. The molecule has 24 heavy (non-hydrogen) atoms. The molecule has 1 aliphatic heterocycles. The maximum absolute atomic E-state index is 12.8. The van der Waals surface area contributed by atoms with Crippen molar-refractivity contribution in [2.24, 2.45) is 17.8 Å². The number of benzene rings is 1. The first-order valence-electron chi connectivity index (χ1n) is 8.47. The summed E-state index contributed by atoms with van der Waals surface area (Å²) in [7, 11) is 0. The van der Waals surface area contributed by atoms with Gasteiger partial charge >= 0.3 is 5.97 Å². The molecule has 1 aromatic carbocycles. The van der Waals surface area contributed by atoms with E-state index in [9.17, 15) is 14.7 Å². The first-order valence-corrected chi connectivity index (χ1v) is 8.47. The minimum Gasteiger partial charge on any atom is -0.481 e. The van der Waals surface area contributed by atoms with Crippen molar-refractivity contribution in [2.75, 3.05) is 13.1 Å². The Kier molecular flexibility index (Phi) is 3.41. The van der Waals surface area contributed by atoms with Crippen molar-refractivity contribution in [2.45, 2.75) is 26.7 Å². The number of hydrogen-bond acceptors (Lipinski definition) is 3. The summed E-state index contributed by atoms with van der Waals surface area (Å²) in [5.74, 6) is -0.593. The number of carboxylic acid groups (broad SMARTS) is 1. The number of furan rings is 1. The van der Waals surface area contributed by atoms with Crippen LogP contribution in [0.25, 0.3) is 11.0 Å². The molecule has 1 aromatic heterocycles. The van der Waals surface area contributed by atoms with Crippen LogP contribution in [0.15, 0.2) is 22.6 Å². The molecule has 1 aliphatic carbocycles. The molecule has 126 valence electrons. The zero-order chi connectivity index (χ0) is 17.0. The summed E-state index contributed by atoms with van der Waals surface area (Å²) in [6.45, 7) is 4.85.